The molecule has 1 heterocycles. The topological polar surface area (TPSA) is 78.5 Å². The van der Waals surface area contributed by atoms with Crippen molar-refractivity contribution in [3.63, 3.8) is 0 Å². The van der Waals surface area contributed by atoms with E-state index in [1.165, 1.54) is 0 Å². The molecular formula is C12H21N3O3S. The van der Waals surface area contributed by atoms with Crippen LogP contribution >= 0.6 is 0 Å². The molecule has 1 aliphatic rings. The minimum Gasteiger partial charge on any atom is -0.341 e. The van der Waals surface area contributed by atoms with Crippen molar-refractivity contribution in [3.05, 3.63) is 0 Å². The van der Waals surface area contributed by atoms with Crippen molar-refractivity contribution in [1.29, 1.82) is 0 Å². The van der Waals surface area contributed by atoms with E-state index in [1.54, 1.807) is 11.8 Å². The van der Waals surface area contributed by atoms with Crippen molar-refractivity contribution in [3.8, 4) is 12.3 Å². The van der Waals surface area contributed by atoms with Gasteiger partial charge < -0.3 is 4.90 Å². The third-order valence-electron chi connectivity index (χ3n) is 3.08. The highest BCUT2D eigenvalue weighted by Crippen LogP contribution is 2.11. The highest BCUT2D eigenvalue weighted by molar-refractivity contribution is 7.89. The van der Waals surface area contributed by atoms with Gasteiger partial charge >= 0.3 is 0 Å². The number of terminal acetylenes is 1. The molecule has 2 N–H and O–H groups in total. The summed E-state index contributed by atoms with van der Waals surface area (Å²) >= 11 is 0. The lowest BCUT2D eigenvalue weighted by Gasteiger charge is -2.32. The zero-order chi connectivity index (χ0) is 14.3. The summed E-state index contributed by atoms with van der Waals surface area (Å²) in [4.78, 5) is 13.5. The number of nitrogens with zero attached hydrogens (tertiary/aromatic N) is 1. The fourth-order valence-corrected chi connectivity index (χ4v) is 2.85. The van der Waals surface area contributed by atoms with E-state index in [9.17, 15) is 13.2 Å². The number of likely N-dealkylation sites (tertiary alicyclic amines) is 1. The molecule has 108 valence electrons. The van der Waals surface area contributed by atoms with Crippen molar-refractivity contribution in [2.75, 3.05) is 31.9 Å². The molecule has 19 heavy (non-hydrogen) atoms. The first kappa shape index (κ1) is 16.0. The molecule has 0 atom stereocenters. The normalized spacial score (nSPS) is 17.2. The standard InChI is InChI=1S/C12H21N3O3S/c1-3-7-13-10-12(16)15-8-5-11(6-9-15)14-19(17,18)4-2/h1,11,13-14H,4-10H2,2H3. The van der Waals surface area contributed by atoms with Crippen molar-refractivity contribution in [1.82, 2.24) is 14.9 Å². The van der Waals surface area contributed by atoms with E-state index in [-0.39, 0.29) is 24.2 Å². The van der Waals surface area contributed by atoms with Gasteiger partial charge in [-0.05, 0) is 19.8 Å². The zero-order valence-electron chi connectivity index (χ0n) is 11.2. The molecule has 0 radical (unpaired) electrons. The number of amides is 1. The first-order valence-electron chi connectivity index (χ1n) is 6.40. The summed E-state index contributed by atoms with van der Waals surface area (Å²) in [6, 6.07) is -0.0623. The van der Waals surface area contributed by atoms with Gasteiger partial charge in [-0.2, -0.15) is 0 Å². The molecule has 1 fully saturated rings. The summed E-state index contributed by atoms with van der Waals surface area (Å²) in [6.07, 6.45) is 6.39. The molecule has 6 nitrogen and oxygen atoms in total. The maximum absolute atomic E-state index is 11.8. The molecular weight excluding hydrogens is 266 g/mol. The Morgan fingerprint density at radius 2 is 2.05 bits per heavy atom. The Labute approximate surface area is 115 Å². The largest absolute Gasteiger partial charge is 0.341 e. The minimum atomic E-state index is -3.16. The highest BCUT2D eigenvalue weighted by Gasteiger charge is 2.24. The lowest BCUT2D eigenvalue weighted by Crippen LogP contribution is -2.48. The van der Waals surface area contributed by atoms with Gasteiger partial charge in [0.25, 0.3) is 0 Å². The third-order valence-corrected chi connectivity index (χ3v) is 4.53. The number of carbonyl (C=O) groups is 1. The SMILES string of the molecule is C#CCNCC(=O)N1CCC(NS(=O)(=O)CC)CC1. The van der Waals surface area contributed by atoms with E-state index >= 15 is 0 Å². The van der Waals surface area contributed by atoms with Crippen LogP contribution in [0.15, 0.2) is 0 Å². The highest BCUT2D eigenvalue weighted by atomic mass is 32.2. The Balaban J connectivity index is 2.33. The summed E-state index contributed by atoms with van der Waals surface area (Å²) in [5.74, 6) is 2.50. The molecule has 1 saturated heterocycles. The Morgan fingerprint density at radius 1 is 1.42 bits per heavy atom. The Hall–Kier alpha value is -1.10. The van der Waals surface area contributed by atoms with E-state index in [0.717, 1.165) is 0 Å². The Kier molecular flexibility index (Phi) is 6.28. The second-order valence-corrected chi connectivity index (χ2v) is 6.53. The van der Waals surface area contributed by atoms with Crippen LogP contribution in [0.3, 0.4) is 0 Å². The molecule has 0 unspecified atom stereocenters. The molecule has 0 bridgehead atoms. The van der Waals surface area contributed by atoms with E-state index in [0.29, 0.717) is 32.5 Å². The van der Waals surface area contributed by atoms with Crippen LogP contribution in [0.4, 0.5) is 0 Å². The third kappa shape index (κ3) is 5.59. The van der Waals surface area contributed by atoms with Gasteiger partial charge in [-0.1, -0.05) is 5.92 Å². The van der Waals surface area contributed by atoms with Gasteiger partial charge in [-0.25, -0.2) is 13.1 Å². The lowest BCUT2D eigenvalue weighted by molar-refractivity contribution is -0.131. The molecule has 0 saturated carbocycles. The van der Waals surface area contributed by atoms with Crippen LogP contribution in [-0.2, 0) is 14.8 Å². The van der Waals surface area contributed by atoms with Crippen molar-refractivity contribution >= 4 is 15.9 Å². The van der Waals surface area contributed by atoms with E-state index in [4.69, 9.17) is 6.42 Å². The van der Waals surface area contributed by atoms with E-state index in [1.807, 2.05) is 0 Å². The summed E-state index contributed by atoms with van der Waals surface area (Å²) in [5, 5.41) is 2.85. The number of rotatable bonds is 6. The van der Waals surface area contributed by atoms with Gasteiger partial charge in [0.15, 0.2) is 0 Å². The van der Waals surface area contributed by atoms with Gasteiger partial charge in [0.2, 0.25) is 15.9 Å². The average Bonchev–Trinajstić information content (AvgIpc) is 2.39. The van der Waals surface area contributed by atoms with Crippen molar-refractivity contribution in [2.45, 2.75) is 25.8 Å². The number of sulfonamides is 1. The first-order valence-corrected chi connectivity index (χ1v) is 8.05. The molecule has 1 rings (SSSR count). The maximum Gasteiger partial charge on any atom is 0.236 e. The van der Waals surface area contributed by atoms with Crippen molar-refractivity contribution in [2.24, 2.45) is 0 Å². The molecule has 0 aromatic carbocycles. The summed E-state index contributed by atoms with van der Waals surface area (Å²) in [6.45, 7) is 3.37. The van der Waals surface area contributed by atoms with E-state index < -0.39 is 10.0 Å². The summed E-state index contributed by atoms with van der Waals surface area (Å²) in [5.41, 5.74) is 0. The van der Waals surface area contributed by atoms with Crippen LogP contribution in [0.2, 0.25) is 0 Å². The first-order chi connectivity index (χ1) is 8.98. The quantitative estimate of drug-likeness (QED) is 0.492. The fourth-order valence-electron chi connectivity index (χ4n) is 1.94. The average molecular weight is 287 g/mol. The minimum absolute atomic E-state index is 0.00653. The van der Waals surface area contributed by atoms with Gasteiger partial charge in [0, 0.05) is 19.1 Å². The Bertz CT molecular complexity index is 434. The number of carbonyl (C=O) groups excluding carboxylic acids is 1. The smallest absolute Gasteiger partial charge is 0.236 e. The van der Waals surface area contributed by atoms with Crippen LogP contribution in [-0.4, -0.2) is 57.2 Å². The maximum atomic E-state index is 11.8. The van der Waals surface area contributed by atoms with Gasteiger partial charge in [0.05, 0.1) is 18.8 Å². The molecule has 0 aromatic heterocycles. The van der Waals surface area contributed by atoms with E-state index in [2.05, 4.69) is 16.0 Å². The number of hydrogen-bond donors (Lipinski definition) is 2. The molecule has 0 spiro atoms. The second kappa shape index (κ2) is 7.48. The predicted octanol–water partition coefficient (Wildman–Crippen LogP) is -0.860. The fraction of sp³-hybridized carbons (Fsp3) is 0.750. The number of piperidine rings is 1. The molecule has 7 heteroatoms. The van der Waals surface area contributed by atoms with Crippen molar-refractivity contribution < 1.29 is 13.2 Å². The van der Waals surface area contributed by atoms with Crippen LogP contribution in [0.1, 0.15) is 19.8 Å². The van der Waals surface area contributed by atoms with Gasteiger partial charge in [0.1, 0.15) is 0 Å². The number of hydrogen-bond acceptors (Lipinski definition) is 4. The second-order valence-electron chi connectivity index (χ2n) is 4.48. The summed E-state index contributed by atoms with van der Waals surface area (Å²) in [7, 11) is -3.16. The van der Waals surface area contributed by atoms with Gasteiger partial charge in [-0.3, -0.25) is 10.1 Å². The number of nitrogens with one attached hydrogen (secondary N) is 2. The summed E-state index contributed by atoms with van der Waals surface area (Å²) < 4.78 is 25.5. The Morgan fingerprint density at radius 3 is 2.58 bits per heavy atom. The molecule has 1 amide bonds. The monoisotopic (exact) mass is 287 g/mol. The van der Waals surface area contributed by atoms with Crippen LogP contribution in [0.5, 0.6) is 0 Å². The molecule has 1 aliphatic heterocycles. The van der Waals surface area contributed by atoms with Gasteiger partial charge in [-0.15, -0.1) is 6.42 Å². The van der Waals surface area contributed by atoms with Crippen LogP contribution in [0.25, 0.3) is 0 Å². The van der Waals surface area contributed by atoms with Crippen LogP contribution < -0.4 is 10.0 Å². The lowest BCUT2D eigenvalue weighted by atomic mass is 10.1. The predicted molar refractivity (Wildman–Crippen MR) is 73.9 cm³/mol. The molecule has 0 aliphatic carbocycles. The molecule has 0 aromatic rings. The van der Waals surface area contributed by atoms with Crippen LogP contribution in [0, 0.1) is 12.3 Å². The zero-order valence-corrected chi connectivity index (χ0v) is 12.0.